The van der Waals surface area contributed by atoms with Crippen LogP contribution in [-0.4, -0.2) is 48.3 Å². The number of hydrogen-bond donors (Lipinski definition) is 1. The molecule has 120 valence electrons. The van der Waals surface area contributed by atoms with Crippen LogP contribution < -0.4 is 0 Å². The van der Waals surface area contributed by atoms with Gasteiger partial charge in [-0.25, -0.2) is 4.39 Å². The fourth-order valence-electron chi connectivity index (χ4n) is 3.23. The van der Waals surface area contributed by atoms with E-state index in [1.165, 1.54) is 6.08 Å². The molecule has 0 saturated heterocycles. The van der Waals surface area contributed by atoms with E-state index in [-0.39, 0.29) is 36.8 Å². The number of methoxy groups -OCH3 is 1. The maximum absolute atomic E-state index is 13.4. The van der Waals surface area contributed by atoms with E-state index in [4.69, 9.17) is 4.74 Å². The lowest BCUT2D eigenvalue weighted by Gasteiger charge is -2.36. The van der Waals surface area contributed by atoms with Gasteiger partial charge in [-0.2, -0.15) is 0 Å². The lowest BCUT2D eigenvalue weighted by Crippen LogP contribution is -2.46. The molecule has 0 aromatic rings. The highest BCUT2D eigenvalue weighted by Gasteiger charge is 2.41. The maximum Gasteiger partial charge on any atom is 0.228 e. The summed E-state index contributed by atoms with van der Waals surface area (Å²) in [5, 5.41) is 9.73. The van der Waals surface area contributed by atoms with Crippen molar-refractivity contribution in [2.24, 2.45) is 11.8 Å². The quantitative estimate of drug-likeness (QED) is 0.784. The van der Waals surface area contributed by atoms with Crippen molar-refractivity contribution in [1.82, 2.24) is 4.90 Å². The summed E-state index contributed by atoms with van der Waals surface area (Å²) < 4.78 is 18.8. The third kappa shape index (κ3) is 3.83. The van der Waals surface area contributed by atoms with Crippen LogP contribution in [-0.2, 0) is 9.53 Å². The molecule has 0 aliphatic heterocycles. The van der Waals surface area contributed by atoms with Crippen molar-refractivity contribution in [2.75, 3.05) is 20.3 Å². The molecule has 3 atom stereocenters. The number of carbonyl (C=O) groups is 1. The van der Waals surface area contributed by atoms with E-state index in [1.807, 2.05) is 11.8 Å². The van der Waals surface area contributed by atoms with Crippen molar-refractivity contribution < 1.29 is 19.0 Å². The molecule has 1 fully saturated rings. The molecule has 0 spiro atoms. The van der Waals surface area contributed by atoms with Crippen LogP contribution in [0.25, 0.3) is 0 Å². The normalized spacial score (nSPS) is 27.1. The molecule has 1 N–H and O–H groups in total. The Balaban J connectivity index is 2.11. The molecule has 0 aromatic heterocycles. The molecule has 0 heterocycles. The highest BCUT2D eigenvalue weighted by Crippen LogP contribution is 2.35. The number of hydrogen-bond acceptors (Lipinski definition) is 3. The van der Waals surface area contributed by atoms with Crippen LogP contribution in [0, 0.1) is 11.8 Å². The van der Waals surface area contributed by atoms with Gasteiger partial charge in [-0.15, -0.1) is 0 Å². The van der Waals surface area contributed by atoms with Crippen LogP contribution in [0.1, 0.15) is 39.0 Å². The summed E-state index contributed by atoms with van der Waals surface area (Å²) in [4.78, 5) is 14.7. The molecule has 0 radical (unpaired) electrons. The van der Waals surface area contributed by atoms with Gasteiger partial charge in [-0.3, -0.25) is 4.79 Å². The molecule has 1 saturated carbocycles. The minimum Gasteiger partial charge on any atom is -0.396 e. The number of aliphatic hydroxyl groups excluding tert-OH is 1. The van der Waals surface area contributed by atoms with Gasteiger partial charge < -0.3 is 14.7 Å². The lowest BCUT2D eigenvalue weighted by molar-refractivity contribution is -0.142. The van der Waals surface area contributed by atoms with E-state index in [0.29, 0.717) is 12.5 Å². The third-order valence-electron chi connectivity index (χ3n) is 4.55. The molecular weight excluding hydrogens is 273 g/mol. The zero-order valence-corrected chi connectivity index (χ0v) is 12.9. The lowest BCUT2D eigenvalue weighted by atomic mass is 9.80. The van der Waals surface area contributed by atoms with E-state index in [1.54, 1.807) is 7.11 Å². The first-order chi connectivity index (χ1) is 10.1. The van der Waals surface area contributed by atoms with Gasteiger partial charge in [0.1, 0.15) is 0 Å². The molecular formula is C16H26FNO3. The number of aliphatic hydroxyl groups is 1. The van der Waals surface area contributed by atoms with Crippen molar-refractivity contribution in [3.63, 3.8) is 0 Å². The Kier molecular flexibility index (Phi) is 5.76. The summed E-state index contributed by atoms with van der Waals surface area (Å²) >= 11 is 0. The van der Waals surface area contributed by atoms with Crippen LogP contribution in [0.5, 0.6) is 0 Å². The fourth-order valence-corrected chi connectivity index (χ4v) is 3.23. The second kappa shape index (κ2) is 7.36. The van der Waals surface area contributed by atoms with Crippen LogP contribution in [0.2, 0.25) is 0 Å². The number of rotatable bonds is 7. The SMILES string of the molecule is CCCN(C(=O)C(CO)C1CC=C(F)CC1OC)C1CC1. The number of amides is 1. The Bertz CT molecular complexity index is 395. The third-order valence-corrected chi connectivity index (χ3v) is 4.55. The molecule has 2 rings (SSSR count). The summed E-state index contributed by atoms with van der Waals surface area (Å²) in [6, 6.07) is 0.336. The standard InChI is InChI=1S/C16H26FNO3/c1-3-8-18(12-5-6-12)16(20)14(10-19)13-7-4-11(17)9-15(13)21-2/h4,12-15,19H,3,5-10H2,1-2H3. The van der Waals surface area contributed by atoms with E-state index in [9.17, 15) is 14.3 Å². The van der Waals surface area contributed by atoms with Gasteiger partial charge in [-0.05, 0) is 25.7 Å². The van der Waals surface area contributed by atoms with Gasteiger partial charge in [0, 0.05) is 32.0 Å². The van der Waals surface area contributed by atoms with E-state index < -0.39 is 5.92 Å². The number of nitrogens with zero attached hydrogens (tertiary/aromatic N) is 1. The Morgan fingerprint density at radius 2 is 2.29 bits per heavy atom. The Hall–Kier alpha value is -0.940. The van der Waals surface area contributed by atoms with Crippen LogP contribution in [0.4, 0.5) is 4.39 Å². The number of allylic oxidation sites excluding steroid dienone is 1. The summed E-state index contributed by atoms with van der Waals surface area (Å²) in [5.41, 5.74) is 0. The van der Waals surface area contributed by atoms with Gasteiger partial charge in [0.2, 0.25) is 5.91 Å². The average Bonchev–Trinajstić information content (AvgIpc) is 3.31. The second-order valence-corrected chi connectivity index (χ2v) is 6.08. The summed E-state index contributed by atoms with van der Waals surface area (Å²) in [6.45, 7) is 2.58. The van der Waals surface area contributed by atoms with Gasteiger partial charge >= 0.3 is 0 Å². The predicted molar refractivity (Wildman–Crippen MR) is 78.3 cm³/mol. The zero-order valence-electron chi connectivity index (χ0n) is 12.9. The predicted octanol–water partition coefficient (Wildman–Crippen LogP) is 2.27. The van der Waals surface area contributed by atoms with Gasteiger partial charge in [-0.1, -0.05) is 13.0 Å². The van der Waals surface area contributed by atoms with Crippen LogP contribution in [0.3, 0.4) is 0 Å². The first kappa shape index (κ1) is 16.4. The number of ether oxygens (including phenoxy) is 1. The van der Waals surface area contributed by atoms with Gasteiger partial charge in [0.15, 0.2) is 0 Å². The Labute approximate surface area is 126 Å². The smallest absolute Gasteiger partial charge is 0.228 e. The van der Waals surface area contributed by atoms with Crippen molar-refractivity contribution in [3.8, 4) is 0 Å². The van der Waals surface area contributed by atoms with Crippen molar-refractivity contribution in [3.05, 3.63) is 11.9 Å². The molecule has 5 heteroatoms. The van der Waals surface area contributed by atoms with Crippen molar-refractivity contribution in [2.45, 2.75) is 51.2 Å². The van der Waals surface area contributed by atoms with Crippen molar-refractivity contribution in [1.29, 1.82) is 0 Å². The minimum absolute atomic E-state index is 0.00427. The number of carbonyl (C=O) groups excluding carboxylic acids is 1. The topological polar surface area (TPSA) is 49.8 Å². The Morgan fingerprint density at radius 1 is 1.57 bits per heavy atom. The second-order valence-electron chi connectivity index (χ2n) is 6.08. The molecule has 0 aromatic carbocycles. The summed E-state index contributed by atoms with van der Waals surface area (Å²) in [7, 11) is 1.54. The minimum atomic E-state index is -0.494. The highest BCUT2D eigenvalue weighted by molar-refractivity contribution is 5.80. The summed E-state index contributed by atoms with van der Waals surface area (Å²) in [6.07, 6.45) is 4.85. The first-order valence-electron chi connectivity index (χ1n) is 7.91. The van der Waals surface area contributed by atoms with Gasteiger partial charge in [0.05, 0.1) is 24.5 Å². The molecule has 21 heavy (non-hydrogen) atoms. The van der Waals surface area contributed by atoms with Crippen LogP contribution >= 0.6 is 0 Å². The molecule has 4 nitrogen and oxygen atoms in total. The zero-order chi connectivity index (χ0) is 15.4. The van der Waals surface area contributed by atoms with Crippen molar-refractivity contribution >= 4 is 5.91 Å². The van der Waals surface area contributed by atoms with E-state index in [2.05, 4.69) is 0 Å². The Morgan fingerprint density at radius 3 is 2.81 bits per heavy atom. The largest absolute Gasteiger partial charge is 0.396 e. The molecule has 1 amide bonds. The molecule has 2 aliphatic rings. The summed E-state index contributed by atoms with van der Waals surface area (Å²) in [5.74, 6) is -0.823. The molecule has 2 aliphatic carbocycles. The van der Waals surface area contributed by atoms with Gasteiger partial charge in [0.25, 0.3) is 0 Å². The van der Waals surface area contributed by atoms with E-state index >= 15 is 0 Å². The van der Waals surface area contributed by atoms with E-state index in [0.717, 1.165) is 25.8 Å². The average molecular weight is 299 g/mol. The molecule has 3 unspecified atom stereocenters. The monoisotopic (exact) mass is 299 g/mol. The highest BCUT2D eigenvalue weighted by atomic mass is 19.1. The van der Waals surface area contributed by atoms with Crippen LogP contribution in [0.15, 0.2) is 11.9 Å². The maximum atomic E-state index is 13.4. The first-order valence-corrected chi connectivity index (χ1v) is 7.91. The fraction of sp³-hybridized carbons (Fsp3) is 0.812. The number of halogens is 1. The molecule has 0 bridgehead atoms.